The van der Waals surface area contributed by atoms with Crippen molar-refractivity contribution in [3.63, 3.8) is 0 Å². The molecule has 0 spiro atoms. The van der Waals surface area contributed by atoms with E-state index in [4.69, 9.17) is 4.74 Å². The molecule has 3 aliphatic heterocycles. The molecule has 109 valence electrons. The first-order valence-corrected chi connectivity index (χ1v) is 6.94. The number of hydrogen-bond acceptors (Lipinski definition) is 2. The van der Waals surface area contributed by atoms with E-state index in [0.717, 1.165) is 12.4 Å². The van der Waals surface area contributed by atoms with Gasteiger partial charge < -0.3 is 16.6 Å². The van der Waals surface area contributed by atoms with Crippen LogP contribution < -0.4 is 0 Å². The molecule has 0 aromatic carbocycles. The molecule has 3 aliphatic rings. The molecule has 0 bridgehead atoms. The summed E-state index contributed by atoms with van der Waals surface area (Å²) < 4.78 is 5.87. The molecule has 0 N–H and O–H groups in total. The second-order valence-corrected chi connectivity index (χ2v) is 5.77. The van der Waals surface area contributed by atoms with Gasteiger partial charge in [-0.15, -0.1) is 5.54 Å². The van der Waals surface area contributed by atoms with E-state index in [-0.39, 0.29) is 43.3 Å². The molecule has 0 aromatic heterocycles. The van der Waals surface area contributed by atoms with Crippen molar-refractivity contribution in [2.75, 3.05) is 13.2 Å². The van der Waals surface area contributed by atoms with Crippen molar-refractivity contribution in [3.8, 4) is 0 Å². The van der Waals surface area contributed by atoms with Gasteiger partial charge >= 0.3 is 0 Å². The van der Waals surface area contributed by atoms with Crippen LogP contribution in [0.2, 0.25) is 0 Å². The van der Waals surface area contributed by atoms with Crippen LogP contribution in [0.5, 0.6) is 0 Å². The van der Waals surface area contributed by atoms with Crippen LogP contribution in [0.3, 0.4) is 0 Å². The van der Waals surface area contributed by atoms with Gasteiger partial charge in [-0.1, -0.05) is 31.6 Å². The van der Waals surface area contributed by atoms with Gasteiger partial charge in [0, 0.05) is 55.3 Å². The molecule has 3 atom stereocenters. The standard InChI is InChI=1S/C16H22NO.Ho/c1-4-7-13-14(5-2)18-11-12-10-16(3)8-6-9-17(16)15(12)13;/h4-5,7,12,15H,2-3,6,8-11H2,1H3;/q-1;/b7-4-;. The van der Waals surface area contributed by atoms with E-state index in [1.807, 2.05) is 6.08 Å². The van der Waals surface area contributed by atoms with Gasteiger partial charge in [-0.25, -0.2) is 0 Å². The molecule has 2 saturated heterocycles. The fraction of sp³-hybridized carbons (Fsp3) is 0.562. The van der Waals surface area contributed by atoms with Gasteiger partial charge in [0.15, 0.2) is 0 Å². The van der Waals surface area contributed by atoms with E-state index < -0.39 is 0 Å². The molecule has 3 heteroatoms. The van der Waals surface area contributed by atoms with Gasteiger partial charge in [0.25, 0.3) is 0 Å². The van der Waals surface area contributed by atoms with Crippen LogP contribution in [0.25, 0.3) is 0 Å². The van der Waals surface area contributed by atoms with Crippen molar-refractivity contribution in [2.24, 2.45) is 5.92 Å². The van der Waals surface area contributed by atoms with Gasteiger partial charge in [-0.3, -0.25) is 0 Å². The molecule has 3 rings (SSSR count). The summed E-state index contributed by atoms with van der Waals surface area (Å²) in [6.45, 7) is 12.4. The van der Waals surface area contributed by atoms with E-state index in [1.165, 1.54) is 31.4 Å². The topological polar surface area (TPSA) is 12.5 Å². The Morgan fingerprint density at radius 2 is 2.32 bits per heavy atom. The van der Waals surface area contributed by atoms with Crippen molar-refractivity contribution < 1.29 is 42.5 Å². The second kappa shape index (κ2) is 5.93. The molecule has 0 aromatic rings. The Morgan fingerprint density at radius 1 is 1.53 bits per heavy atom. The van der Waals surface area contributed by atoms with Crippen molar-refractivity contribution in [1.82, 2.24) is 4.90 Å². The number of nitrogens with zero attached hydrogens (tertiary/aromatic N) is 1. The van der Waals surface area contributed by atoms with Gasteiger partial charge in [0.05, 0.1) is 6.61 Å². The number of fused-ring (bicyclic) bond motifs is 3. The molecule has 19 heavy (non-hydrogen) atoms. The van der Waals surface area contributed by atoms with E-state index in [0.29, 0.717) is 12.0 Å². The molecule has 3 unspecified atom stereocenters. The molecule has 0 amide bonds. The summed E-state index contributed by atoms with van der Waals surface area (Å²) in [5.41, 5.74) is 1.46. The zero-order valence-electron chi connectivity index (χ0n) is 11.5. The van der Waals surface area contributed by atoms with Crippen LogP contribution in [-0.4, -0.2) is 29.6 Å². The third-order valence-corrected chi connectivity index (χ3v) is 4.66. The first-order chi connectivity index (χ1) is 8.69. The summed E-state index contributed by atoms with van der Waals surface area (Å²) in [7, 11) is 0. The maximum Gasteiger partial charge on any atom is 0.123 e. The van der Waals surface area contributed by atoms with Crippen LogP contribution in [0.15, 0.2) is 36.1 Å². The Kier molecular flexibility index (Phi) is 4.88. The Balaban J connectivity index is 0.00000133. The predicted octanol–water partition coefficient (Wildman–Crippen LogP) is 3.09. The second-order valence-electron chi connectivity index (χ2n) is 5.77. The minimum atomic E-state index is 0. The largest absolute Gasteiger partial charge is 0.493 e. The summed E-state index contributed by atoms with van der Waals surface area (Å²) in [6, 6.07) is 0.489. The van der Waals surface area contributed by atoms with E-state index in [9.17, 15) is 0 Å². The SMILES string of the molecule is C=CC1=C(/C=C\C)C2C(CO1)CC1([CH2-])CCCN21.[Ho]. The first-order valence-electron chi connectivity index (χ1n) is 6.94. The average Bonchev–Trinajstić information content (AvgIpc) is 2.83. The average molecular weight is 409 g/mol. The molecular formula is C16H22HoNO-. The van der Waals surface area contributed by atoms with Crippen molar-refractivity contribution in [1.29, 1.82) is 0 Å². The van der Waals surface area contributed by atoms with Gasteiger partial charge in [0.1, 0.15) is 5.76 Å². The van der Waals surface area contributed by atoms with E-state index in [2.05, 4.69) is 37.5 Å². The number of hydrogen-bond donors (Lipinski definition) is 0. The van der Waals surface area contributed by atoms with Crippen molar-refractivity contribution in [2.45, 2.75) is 37.8 Å². The van der Waals surface area contributed by atoms with Crippen LogP contribution in [0.1, 0.15) is 26.2 Å². The van der Waals surface area contributed by atoms with E-state index >= 15 is 0 Å². The van der Waals surface area contributed by atoms with Crippen LogP contribution in [-0.2, 0) is 4.74 Å². The minimum absolute atomic E-state index is 0. The Bertz CT molecular complexity index is 428. The van der Waals surface area contributed by atoms with Crippen molar-refractivity contribution >= 4 is 0 Å². The summed E-state index contributed by atoms with van der Waals surface area (Å²) in [4.78, 5) is 2.61. The fourth-order valence-corrected chi connectivity index (χ4v) is 4.00. The molecule has 3 heterocycles. The zero-order valence-corrected chi connectivity index (χ0v) is 13.4. The summed E-state index contributed by atoms with van der Waals surface area (Å²) in [5, 5.41) is 0. The smallest absolute Gasteiger partial charge is 0.123 e. The normalized spacial score (nSPS) is 37.8. The molecule has 0 saturated carbocycles. The van der Waals surface area contributed by atoms with Crippen LogP contribution >= 0.6 is 0 Å². The summed E-state index contributed by atoms with van der Waals surface area (Å²) in [6.07, 6.45) is 9.82. The molecule has 2 fully saturated rings. The summed E-state index contributed by atoms with van der Waals surface area (Å²) in [5.74, 6) is 1.56. The summed E-state index contributed by atoms with van der Waals surface area (Å²) >= 11 is 0. The Labute approximate surface area is 146 Å². The van der Waals surface area contributed by atoms with Crippen LogP contribution in [0.4, 0.5) is 0 Å². The van der Waals surface area contributed by atoms with Crippen LogP contribution in [0, 0.1) is 50.6 Å². The van der Waals surface area contributed by atoms with Gasteiger partial charge in [-0.05, 0) is 26.0 Å². The monoisotopic (exact) mass is 409 g/mol. The molecule has 2 nitrogen and oxygen atoms in total. The zero-order chi connectivity index (χ0) is 12.8. The van der Waals surface area contributed by atoms with Gasteiger partial charge in [-0.2, -0.15) is 0 Å². The number of allylic oxidation sites excluding steroid dienone is 2. The molecule has 1 radical (unpaired) electrons. The Hall–Kier alpha value is 0.240. The van der Waals surface area contributed by atoms with E-state index in [1.54, 1.807) is 0 Å². The molecular weight excluding hydrogens is 387 g/mol. The van der Waals surface area contributed by atoms with Crippen molar-refractivity contribution in [3.05, 3.63) is 43.1 Å². The van der Waals surface area contributed by atoms with Gasteiger partial charge in [0.2, 0.25) is 0 Å². The predicted molar refractivity (Wildman–Crippen MR) is 73.9 cm³/mol. The minimum Gasteiger partial charge on any atom is -0.493 e. The molecule has 0 aliphatic carbocycles. The quantitative estimate of drug-likeness (QED) is 0.514. The number of ether oxygens (including phenoxy) is 1. The third-order valence-electron chi connectivity index (χ3n) is 4.66. The fourth-order valence-electron chi connectivity index (χ4n) is 4.00. The first kappa shape index (κ1) is 15.6. The number of rotatable bonds is 2. The maximum atomic E-state index is 5.87. The maximum absolute atomic E-state index is 5.87. The Morgan fingerprint density at radius 3 is 3.00 bits per heavy atom. The third kappa shape index (κ3) is 2.46.